The summed E-state index contributed by atoms with van der Waals surface area (Å²) in [5, 5.41) is 18.4. The van der Waals surface area contributed by atoms with Gasteiger partial charge in [-0.2, -0.15) is 0 Å². The average molecular weight is 262 g/mol. The number of ether oxygens (including phenoxy) is 1. The Morgan fingerprint density at radius 3 is 2.58 bits per heavy atom. The lowest BCUT2D eigenvalue weighted by Gasteiger charge is -2.06. The number of phenolic OH excluding ortho intramolecular Hbond substituents is 2. The lowest BCUT2D eigenvalue weighted by molar-refractivity contribution is 0.0726. The van der Waals surface area contributed by atoms with Gasteiger partial charge in [-0.25, -0.2) is 4.79 Å². The minimum atomic E-state index is -0.836. The zero-order valence-electron chi connectivity index (χ0n) is 9.91. The van der Waals surface area contributed by atoms with Gasteiger partial charge in [0.15, 0.2) is 11.5 Å². The number of hydrogen-bond donors (Lipinski definition) is 2. The Morgan fingerprint density at radius 1 is 1.21 bits per heavy atom. The van der Waals surface area contributed by atoms with E-state index in [-0.39, 0.29) is 22.8 Å². The normalized spacial score (nSPS) is 10.2. The molecule has 2 N–H and O–H groups in total. The molecule has 1 heterocycles. The van der Waals surface area contributed by atoms with E-state index in [9.17, 15) is 14.7 Å². The van der Waals surface area contributed by atoms with Crippen LogP contribution in [0.4, 0.5) is 0 Å². The lowest BCUT2D eigenvalue weighted by atomic mass is 10.2. The number of carbonyl (C=O) groups excluding carboxylic acids is 1. The third-order valence-electron chi connectivity index (χ3n) is 2.41. The van der Waals surface area contributed by atoms with Crippen LogP contribution in [0.15, 0.2) is 39.7 Å². The minimum Gasteiger partial charge on any atom is -0.504 e. The number of carbonyl (C=O) groups is 1. The van der Waals surface area contributed by atoms with E-state index in [4.69, 9.17) is 14.3 Å². The second kappa shape index (κ2) is 4.85. The van der Waals surface area contributed by atoms with Crippen molar-refractivity contribution in [2.24, 2.45) is 0 Å². The summed E-state index contributed by atoms with van der Waals surface area (Å²) in [7, 11) is 0. The Kier molecular flexibility index (Phi) is 3.24. The summed E-state index contributed by atoms with van der Waals surface area (Å²) in [5.41, 5.74) is -0.488. The van der Waals surface area contributed by atoms with Gasteiger partial charge in [-0.05, 0) is 25.1 Å². The summed E-state index contributed by atoms with van der Waals surface area (Å²) in [4.78, 5) is 23.3. The maximum Gasteiger partial charge on any atom is 0.343 e. The van der Waals surface area contributed by atoms with E-state index in [0.717, 1.165) is 18.2 Å². The molecule has 1 aromatic heterocycles. The first-order chi connectivity index (χ1) is 8.99. The highest BCUT2D eigenvalue weighted by molar-refractivity contribution is 5.91. The quantitative estimate of drug-likeness (QED) is 0.630. The zero-order valence-corrected chi connectivity index (χ0v) is 9.91. The van der Waals surface area contributed by atoms with Crippen LogP contribution in [0.25, 0.3) is 0 Å². The summed E-state index contributed by atoms with van der Waals surface area (Å²) in [6, 6.07) is 4.57. The van der Waals surface area contributed by atoms with Crippen molar-refractivity contribution in [2.45, 2.75) is 6.92 Å². The monoisotopic (exact) mass is 262 g/mol. The Morgan fingerprint density at radius 2 is 1.95 bits per heavy atom. The fourth-order valence-corrected chi connectivity index (χ4v) is 1.42. The van der Waals surface area contributed by atoms with E-state index >= 15 is 0 Å². The molecular formula is C13H10O6. The van der Waals surface area contributed by atoms with Crippen LogP contribution in [-0.2, 0) is 0 Å². The fraction of sp³-hybridized carbons (Fsp3) is 0.0769. The summed E-state index contributed by atoms with van der Waals surface area (Å²) < 4.78 is 9.87. The largest absolute Gasteiger partial charge is 0.504 e. The molecule has 0 bridgehead atoms. The molecule has 0 saturated heterocycles. The van der Waals surface area contributed by atoms with Crippen LogP contribution in [0.5, 0.6) is 17.2 Å². The smallest absolute Gasteiger partial charge is 0.343 e. The van der Waals surface area contributed by atoms with Crippen molar-refractivity contribution in [3.05, 3.63) is 52.1 Å². The predicted molar refractivity (Wildman–Crippen MR) is 64.4 cm³/mol. The molecule has 0 aliphatic carbocycles. The fourth-order valence-electron chi connectivity index (χ4n) is 1.42. The highest BCUT2D eigenvalue weighted by Gasteiger charge is 2.15. The molecule has 0 fully saturated rings. The van der Waals surface area contributed by atoms with Gasteiger partial charge in [0.2, 0.25) is 11.2 Å². The molecule has 0 aliphatic rings. The summed E-state index contributed by atoms with van der Waals surface area (Å²) in [6.07, 6.45) is 1.20. The van der Waals surface area contributed by atoms with Gasteiger partial charge in [-0.3, -0.25) is 4.79 Å². The number of rotatable bonds is 2. The van der Waals surface area contributed by atoms with Gasteiger partial charge in [-0.1, -0.05) is 0 Å². The van der Waals surface area contributed by atoms with Gasteiger partial charge in [0.25, 0.3) is 0 Å². The van der Waals surface area contributed by atoms with E-state index in [1.54, 1.807) is 0 Å². The van der Waals surface area contributed by atoms with Crippen molar-refractivity contribution in [1.29, 1.82) is 0 Å². The molecule has 1 aromatic carbocycles. The molecule has 0 aliphatic heterocycles. The molecule has 0 atom stereocenters. The molecule has 0 saturated carbocycles. The van der Waals surface area contributed by atoms with Gasteiger partial charge < -0.3 is 19.4 Å². The summed E-state index contributed by atoms with van der Waals surface area (Å²) in [5.74, 6) is -1.68. The number of hydrogen-bond acceptors (Lipinski definition) is 6. The van der Waals surface area contributed by atoms with Gasteiger partial charge in [0.1, 0.15) is 5.76 Å². The van der Waals surface area contributed by atoms with E-state index in [0.29, 0.717) is 0 Å². The second-order valence-corrected chi connectivity index (χ2v) is 3.76. The average Bonchev–Trinajstić information content (AvgIpc) is 2.37. The Balaban J connectivity index is 2.31. The number of aromatic hydroxyl groups is 2. The van der Waals surface area contributed by atoms with Crippen LogP contribution in [0.3, 0.4) is 0 Å². The van der Waals surface area contributed by atoms with Crippen molar-refractivity contribution >= 4 is 5.97 Å². The van der Waals surface area contributed by atoms with Crippen LogP contribution in [-0.4, -0.2) is 16.2 Å². The van der Waals surface area contributed by atoms with Crippen LogP contribution in [0, 0.1) is 6.92 Å². The van der Waals surface area contributed by atoms with E-state index < -0.39 is 17.1 Å². The van der Waals surface area contributed by atoms with Crippen LogP contribution < -0.4 is 10.2 Å². The molecular weight excluding hydrogens is 252 g/mol. The lowest BCUT2D eigenvalue weighted by Crippen LogP contribution is -2.15. The molecule has 6 nitrogen and oxygen atoms in total. The zero-order chi connectivity index (χ0) is 14.0. The number of phenols is 2. The standard InChI is InChI=1S/C13H10O6/c1-7-12(10(15)4-5-18-7)19-13(17)8-2-3-9(14)11(16)6-8/h2-6,14,16H,1H3. The van der Waals surface area contributed by atoms with Gasteiger partial charge in [0.05, 0.1) is 11.8 Å². The Hall–Kier alpha value is -2.76. The maximum atomic E-state index is 11.8. The molecule has 0 amide bonds. The van der Waals surface area contributed by atoms with Crippen molar-refractivity contribution < 1.29 is 24.2 Å². The number of aryl methyl sites for hydroxylation is 1. The third kappa shape index (κ3) is 2.57. The van der Waals surface area contributed by atoms with Crippen LogP contribution in [0.2, 0.25) is 0 Å². The topological polar surface area (TPSA) is 97.0 Å². The molecule has 0 spiro atoms. The van der Waals surface area contributed by atoms with Crippen molar-refractivity contribution in [2.75, 3.05) is 0 Å². The first-order valence-corrected chi connectivity index (χ1v) is 5.31. The highest BCUT2D eigenvalue weighted by atomic mass is 16.5. The molecule has 0 unspecified atom stereocenters. The van der Waals surface area contributed by atoms with Crippen LogP contribution in [0.1, 0.15) is 16.1 Å². The molecule has 0 radical (unpaired) electrons. The van der Waals surface area contributed by atoms with Crippen molar-refractivity contribution in [3.63, 3.8) is 0 Å². The maximum absolute atomic E-state index is 11.8. The van der Waals surface area contributed by atoms with Gasteiger partial charge in [-0.15, -0.1) is 0 Å². The molecule has 2 rings (SSSR count). The first kappa shape index (κ1) is 12.7. The van der Waals surface area contributed by atoms with E-state index in [1.165, 1.54) is 19.3 Å². The second-order valence-electron chi connectivity index (χ2n) is 3.76. The molecule has 98 valence electrons. The SMILES string of the molecule is Cc1occc(=O)c1OC(=O)c1ccc(O)c(O)c1. The predicted octanol–water partition coefficient (Wildman–Crippen LogP) is 1.58. The van der Waals surface area contributed by atoms with Crippen LogP contribution >= 0.6 is 0 Å². The Bertz CT molecular complexity index is 686. The summed E-state index contributed by atoms with van der Waals surface area (Å²) in [6.45, 7) is 1.48. The number of esters is 1. The van der Waals surface area contributed by atoms with Gasteiger partial charge in [0, 0.05) is 6.07 Å². The number of benzene rings is 1. The minimum absolute atomic E-state index is 0.00190. The van der Waals surface area contributed by atoms with Crippen molar-refractivity contribution in [3.8, 4) is 17.2 Å². The third-order valence-corrected chi connectivity index (χ3v) is 2.41. The molecule has 6 heteroatoms. The molecule has 2 aromatic rings. The van der Waals surface area contributed by atoms with E-state index in [1.807, 2.05) is 0 Å². The highest BCUT2D eigenvalue weighted by Crippen LogP contribution is 2.25. The van der Waals surface area contributed by atoms with Crippen molar-refractivity contribution in [1.82, 2.24) is 0 Å². The van der Waals surface area contributed by atoms with E-state index in [2.05, 4.69) is 0 Å². The summed E-state index contributed by atoms with van der Waals surface area (Å²) >= 11 is 0. The van der Waals surface area contributed by atoms with Gasteiger partial charge >= 0.3 is 5.97 Å². The molecule has 19 heavy (non-hydrogen) atoms. The Labute approximate surface area is 107 Å². The first-order valence-electron chi connectivity index (χ1n) is 5.31.